The van der Waals surface area contributed by atoms with Gasteiger partial charge in [-0.25, -0.2) is 13.2 Å². The van der Waals surface area contributed by atoms with Crippen molar-refractivity contribution in [3.8, 4) is 11.5 Å². The molecule has 0 unspecified atom stereocenters. The number of amides is 1. The van der Waals surface area contributed by atoms with Gasteiger partial charge in [0.2, 0.25) is 0 Å². The third-order valence-corrected chi connectivity index (χ3v) is 6.25. The van der Waals surface area contributed by atoms with Gasteiger partial charge in [0.15, 0.2) is 6.61 Å². The van der Waals surface area contributed by atoms with Crippen LogP contribution in [0.4, 0.5) is 11.4 Å². The third kappa shape index (κ3) is 7.11. The zero-order chi connectivity index (χ0) is 25.4. The number of esters is 1. The number of sulfonamides is 1. The van der Waals surface area contributed by atoms with E-state index >= 15 is 0 Å². The second kappa shape index (κ2) is 11.6. The van der Waals surface area contributed by atoms with Crippen molar-refractivity contribution in [1.29, 1.82) is 0 Å². The monoisotopic (exact) mass is 518 g/mol. The van der Waals surface area contributed by atoms with Crippen LogP contribution in [0.5, 0.6) is 11.5 Å². The van der Waals surface area contributed by atoms with E-state index in [0.29, 0.717) is 29.3 Å². The standard InChI is InChI=1S/C24H23ClN2O7S/c1-3-33-19-10-8-18(9-11-19)27-35(30,31)20-12-13-22(21(25)14-20)34-15-23(28)26-17-6-4-16(5-7-17)24(29)32-2/h4-14,27H,3,15H2,1-2H3,(H,26,28). The molecule has 0 radical (unpaired) electrons. The lowest BCUT2D eigenvalue weighted by Gasteiger charge is -2.12. The van der Waals surface area contributed by atoms with E-state index in [-0.39, 0.29) is 22.3 Å². The number of carbonyl (C=O) groups excluding carboxylic acids is 2. The van der Waals surface area contributed by atoms with Crippen LogP contribution in [-0.2, 0) is 19.6 Å². The largest absolute Gasteiger partial charge is 0.494 e. The average molecular weight is 519 g/mol. The Morgan fingerprint density at radius 3 is 2.17 bits per heavy atom. The highest BCUT2D eigenvalue weighted by molar-refractivity contribution is 7.92. The van der Waals surface area contributed by atoms with Crippen molar-refractivity contribution in [3.05, 3.63) is 77.3 Å². The highest BCUT2D eigenvalue weighted by atomic mass is 35.5. The van der Waals surface area contributed by atoms with Crippen LogP contribution in [0.3, 0.4) is 0 Å². The molecule has 0 aliphatic rings. The molecule has 0 saturated carbocycles. The molecule has 1 amide bonds. The van der Waals surface area contributed by atoms with E-state index < -0.39 is 21.9 Å². The summed E-state index contributed by atoms with van der Waals surface area (Å²) in [6.07, 6.45) is 0. The molecule has 35 heavy (non-hydrogen) atoms. The minimum absolute atomic E-state index is 0.0230. The van der Waals surface area contributed by atoms with Crippen molar-refractivity contribution in [1.82, 2.24) is 0 Å². The van der Waals surface area contributed by atoms with Gasteiger partial charge < -0.3 is 19.5 Å². The molecule has 11 heteroatoms. The summed E-state index contributed by atoms with van der Waals surface area (Å²) in [6.45, 7) is 1.99. The molecule has 0 aliphatic heterocycles. The summed E-state index contributed by atoms with van der Waals surface area (Å²) in [4.78, 5) is 23.6. The minimum atomic E-state index is -3.90. The van der Waals surface area contributed by atoms with Gasteiger partial charge in [0.1, 0.15) is 11.5 Å². The fourth-order valence-electron chi connectivity index (χ4n) is 2.91. The molecule has 0 aromatic heterocycles. The molecule has 9 nitrogen and oxygen atoms in total. The lowest BCUT2D eigenvalue weighted by molar-refractivity contribution is -0.118. The Hall–Kier alpha value is -3.76. The average Bonchev–Trinajstić information content (AvgIpc) is 2.84. The van der Waals surface area contributed by atoms with Crippen LogP contribution in [-0.4, -0.2) is 40.6 Å². The first-order chi connectivity index (χ1) is 16.7. The van der Waals surface area contributed by atoms with Crippen molar-refractivity contribution >= 4 is 44.9 Å². The molecule has 0 atom stereocenters. The van der Waals surface area contributed by atoms with Gasteiger partial charge in [-0.2, -0.15) is 0 Å². The van der Waals surface area contributed by atoms with Gasteiger partial charge in [-0.05, 0) is 73.7 Å². The molecule has 0 bridgehead atoms. The molecule has 0 fully saturated rings. The topological polar surface area (TPSA) is 120 Å². The number of nitrogens with one attached hydrogen (secondary N) is 2. The summed E-state index contributed by atoms with van der Waals surface area (Å²) >= 11 is 6.19. The maximum atomic E-state index is 12.7. The van der Waals surface area contributed by atoms with Crippen LogP contribution in [0, 0.1) is 0 Å². The number of hydrogen-bond donors (Lipinski definition) is 2. The summed E-state index contributed by atoms with van der Waals surface area (Å²) in [7, 11) is -2.63. The molecule has 0 saturated heterocycles. The zero-order valence-corrected chi connectivity index (χ0v) is 20.5. The third-order valence-electron chi connectivity index (χ3n) is 4.58. The molecular formula is C24H23ClN2O7S. The van der Waals surface area contributed by atoms with Crippen LogP contribution < -0.4 is 19.5 Å². The molecule has 0 aliphatic carbocycles. The van der Waals surface area contributed by atoms with E-state index in [1.54, 1.807) is 36.4 Å². The summed E-state index contributed by atoms with van der Waals surface area (Å²) in [5.74, 6) is -0.188. The molecule has 0 spiro atoms. The maximum absolute atomic E-state index is 12.7. The predicted molar refractivity (Wildman–Crippen MR) is 132 cm³/mol. The Morgan fingerprint density at radius 1 is 0.914 bits per heavy atom. The molecule has 3 aromatic rings. The van der Waals surface area contributed by atoms with Gasteiger partial charge in [0.05, 0.1) is 29.2 Å². The Morgan fingerprint density at radius 2 is 1.57 bits per heavy atom. The maximum Gasteiger partial charge on any atom is 0.337 e. The SMILES string of the molecule is CCOc1ccc(NS(=O)(=O)c2ccc(OCC(=O)Nc3ccc(C(=O)OC)cc3)c(Cl)c2)cc1. The number of hydrogen-bond acceptors (Lipinski definition) is 7. The van der Waals surface area contributed by atoms with Gasteiger partial charge in [0, 0.05) is 11.4 Å². The first kappa shape index (κ1) is 25.9. The summed E-state index contributed by atoms with van der Waals surface area (Å²) < 4.78 is 43.2. The van der Waals surface area contributed by atoms with Gasteiger partial charge in [-0.15, -0.1) is 0 Å². The first-order valence-electron chi connectivity index (χ1n) is 10.4. The number of carbonyl (C=O) groups is 2. The Balaban J connectivity index is 1.59. The minimum Gasteiger partial charge on any atom is -0.494 e. The van der Waals surface area contributed by atoms with Crippen LogP contribution in [0.1, 0.15) is 17.3 Å². The summed E-state index contributed by atoms with van der Waals surface area (Å²) in [6, 6.07) is 16.5. The summed E-state index contributed by atoms with van der Waals surface area (Å²) in [5, 5.41) is 2.64. The van der Waals surface area contributed by atoms with Crippen molar-refractivity contribution in [3.63, 3.8) is 0 Å². The van der Waals surface area contributed by atoms with E-state index in [2.05, 4.69) is 14.8 Å². The number of halogens is 1. The zero-order valence-electron chi connectivity index (χ0n) is 18.9. The van der Waals surface area contributed by atoms with Crippen molar-refractivity contribution in [2.45, 2.75) is 11.8 Å². The van der Waals surface area contributed by atoms with Gasteiger partial charge in [0.25, 0.3) is 15.9 Å². The highest BCUT2D eigenvalue weighted by Crippen LogP contribution is 2.28. The molecule has 3 rings (SSSR count). The number of benzene rings is 3. The Kier molecular flexibility index (Phi) is 8.56. The number of rotatable bonds is 10. The van der Waals surface area contributed by atoms with Crippen LogP contribution in [0.15, 0.2) is 71.6 Å². The van der Waals surface area contributed by atoms with Crippen LogP contribution in [0.25, 0.3) is 0 Å². The van der Waals surface area contributed by atoms with Gasteiger partial charge in [-0.3, -0.25) is 9.52 Å². The molecular weight excluding hydrogens is 496 g/mol. The number of anilines is 2. The Bertz CT molecular complexity index is 1290. The smallest absolute Gasteiger partial charge is 0.337 e. The van der Waals surface area contributed by atoms with Gasteiger partial charge >= 0.3 is 5.97 Å². The van der Waals surface area contributed by atoms with Crippen molar-refractivity contribution in [2.75, 3.05) is 30.4 Å². The van der Waals surface area contributed by atoms with E-state index in [1.165, 1.54) is 37.4 Å². The highest BCUT2D eigenvalue weighted by Gasteiger charge is 2.17. The predicted octanol–water partition coefficient (Wildman–Crippen LogP) is 4.34. The van der Waals surface area contributed by atoms with E-state index in [0.717, 1.165) is 0 Å². The molecule has 2 N–H and O–H groups in total. The molecule has 0 heterocycles. The van der Waals surface area contributed by atoms with E-state index in [1.807, 2.05) is 6.92 Å². The fourth-order valence-corrected chi connectivity index (χ4v) is 4.30. The molecule has 184 valence electrons. The van der Waals surface area contributed by atoms with Crippen molar-refractivity contribution < 1.29 is 32.2 Å². The summed E-state index contributed by atoms with van der Waals surface area (Å²) in [5.41, 5.74) is 1.17. The quantitative estimate of drug-likeness (QED) is 0.383. The lowest BCUT2D eigenvalue weighted by atomic mass is 10.2. The second-order valence-corrected chi connectivity index (χ2v) is 9.15. The normalized spacial score (nSPS) is 10.8. The van der Waals surface area contributed by atoms with E-state index in [9.17, 15) is 18.0 Å². The van der Waals surface area contributed by atoms with Gasteiger partial charge in [-0.1, -0.05) is 11.6 Å². The van der Waals surface area contributed by atoms with Crippen LogP contribution in [0.2, 0.25) is 5.02 Å². The lowest BCUT2D eigenvalue weighted by Crippen LogP contribution is -2.20. The van der Waals surface area contributed by atoms with Crippen LogP contribution >= 0.6 is 11.6 Å². The second-order valence-electron chi connectivity index (χ2n) is 7.06. The van der Waals surface area contributed by atoms with E-state index in [4.69, 9.17) is 21.1 Å². The fraction of sp³-hybridized carbons (Fsp3) is 0.167. The Labute approximate surface area is 208 Å². The first-order valence-corrected chi connectivity index (χ1v) is 12.2. The number of ether oxygens (including phenoxy) is 3. The van der Waals surface area contributed by atoms with Crippen molar-refractivity contribution in [2.24, 2.45) is 0 Å². The number of methoxy groups -OCH3 is 1. The molecule has 3 aromatic carbocycles.